The summed E-state index contributed by atoms with van der Waals surface area (Å²) in [6.07, 6.45) is 0. The van der Waals surface area contributed by atoms with Crippen LogP contribution in [0.2, 0.25) is 0 Å². The average molecular weight is 359 g/mol. The highest BCUT2D eigenvalue weighted by atomic mass is 127. The minimum Gasteiger partial charge on any atom is -0.478 e. The van der Waals surface area contributed by atoms with Crippen molar-refractivity contribution in [1.82, 2.24) is 0 Å². The lowest BCUT2D eigenvalue weighted by molar-refractivity contribution is 0.0696. The van der Waals surface area contributed by atoms with Crippen molar-refractivity contribution in [2.24, 2.45) is 11.3 Å². The Hall–Kier alpha value is -0.780. The Labute approximate surface area is 121 Å². The molecule has 1 aromatic carbocycles. The number of halogens is 1. The molecule has 0 atom stereocenters. The smallest absolute Gasteiger partial charge is 0.337 e. The van der Waals surface area contributed by atoms with Crippen molar-refractivity contribution in [2.45, 2.75) is 20.8 Å². The Morgan fingerprint density at radius 1 is 1.39 bits per heavy atom. The molecule has 1 fully saturated rings. The molecular formula is C14H18INO2. The first-order valence-electron chi connectivity index (χ1n) is 6.07. The average Bonchev–Trinajstić information content (AvgIpc) is 2.15. The topological polar surface area (TPSA) is 40.5 Å². The third kappa shape index (κ3) is 2.63. The largest absolute Gasteiger partial charge is 0.478 e. The van der Waals surface area contributed by atoms with Crippen molar-refractivity contribution in [3.63, 3.8) is 0 Å². The van der Waals surface area contributed by atoms with E-state index in [-0.39, 0.29) is 0 Å². The summed E-state index contributed by atoms with van der Waals surface area (Å²) in [6.45, 7) is 8.61. The second-order valence-corrected chi connectivity index (χ2v) is 7.18. The van der Waals surface area contributed by atoms with Crippen molar-refractivity contribution >= 4 is 34.2 Å². The second-order valence-electron chi connectivity index (χ2n) is 5.93. The predicted molar refractivity (Wildman–Crippen MR) is 81.3 cm³/mol. The van der Waals surface area contributed by atoms with E-state index in [1.54, 1.807) is 6.07 Å². The number of nitrogens with zero attached hydrogens (tertiary/aromatic N) is 1. The number of carboxylic acids is 1. The first-order valence-corrected chi connectivity index (χ1v) is 7.14. The summed E-state index contributed by atoms with van der Waals surface area (Å²) >= 11 is 2.14. The summed E-state index contributed by atoms with van der Waals surface area (Å²) in [5.74, 6) is -0.207. The molecule has 0 aromatic heterocycles. The van der Waals surface area contributed by atoms with Gasteiger partial charge in [0.15, 0.2) is 0 Å². The highest BCUT2D eigenvalue weighted by Gasteiger charge is 2.36. The fourth-order valence-corrected chi connectivity index (χ4v) is 2.67. The Balaban J connectivity index is 2.19. The molecule has 0 spiro atoms. The molecule has 0 bridgehead atoms. The van der Waals surface area contributed by atoms with Gasteiger partial charge in [0.05, 0.1) is 11.3 Å². The number of hydrogen-bond acceptors (Lipinski definition) is 2. The van der Waals surface area contributed by atoms with Crippen molar-refractivity contribution in [3.05, 3.63) is 27.3 Å². The summed E-state index contributed by atoms with van der Waals surface area (Å²) in [5.41, 5.74) is 1.56. The Morgan fingerprint density at radius 2 is 2.00 bits per heavy atom. The zero-order valence-corrected chi connectivity index (χ0v) is 13.1. The molecular weight excluding hydrogens is 341 g/mol. The molecule has 1 saturated heterocycles. The molecule has 0 amide bonds. The lowest BCUT2D eigenvalue weighted by Crippen LogP contribution is -2.52. The van der Waals surface area contributed by atoms with Gasteiger partial charge in [0, 0.05) is 16.7 Å². The molecule has 0 aliphatic carbocycles. The van der Waals surface area contributed by atoms with Crippen molar-refractivity contribution in [3.8, 4) is 0 Å². The number of aromatic carboxylic acids is 1. The first-order chi connectivity index (χ1) is 8.29. The fraction of sp³-hybridized carbons (Fsp3) is 0.500. The lowest BCUT2D eigenvalue weighted by Gasteiger charge is -2.48. The molecule has 1 aliphatic heterocycles. The summed E-state index contributed by atoms with van der Waals surface area (Å²) in [7, 11) is 0. The van der Waals surface area contributed by atoms with Gasteiger partial charge in [-0.3, -0.25) is 0 Å². The maximum absolute atomic E-state index is 11.3. The zero-order chi connectivity index (χ0) is 13.5. The van der Waals surface area contributed by atoms with Gasteiger partial charge in [-0.2, -0.15) is 0 Å². The summed E-state index contributed by atoms with van der Waals surface area (Å²) in [5, 5.41) is 9.25. The molecule has 18 heavy (non-hydrogen) atoms. The molecule has 2 rings (SSSR count). The monoisotopic (exact) mass is 359 g/mol. The minimum atomic E-state index is -0.845. The third-order valence-corrected chi connectivity index (χ3v) is 4.31. The van der Waals surface area contributed by atoms with Crippen molar-refractivity contribution in [2.75, 3.05) is 18.0 Å². The van der Waals surface area contributed by atoms with E-state index >= 15 is 0 Å². The number of hydrogen-bond donors (Lipinski definition) is 1. The summed E-state index contributed by atoms with van der Waals surface area (Å²) in [4.78, 5) is 13.4. The van der Waals surface area contributed by atoms with Crippen LogP contribution in [-0.4, -0.2) is 24.2 Å². The van der Waals surface area contributed by atoms with Crippen LogP contribution in [-0.2, 0) is 0 Å². The number of benzene rings is 1. The normalized spacial score (nSPS) is 16.6. The molecule has 1 aliphatic rings. The van der Waals surface area contributed by atoms with Gasteiger partial charge in [-0.15, -0.1) is 0 Å². The van der Waals surface area contributed by atoms with Crippen LogP contribution in [0.3, 0.4) is 0 Å². The maximum Gasteiger partial charge on any atom is 0.337 e. The van der Waals surface area contributed by atoms with Gasteiger partial charge in [-0.25, -0.2) is 4.79 Å². The summed E-state index contributed by atoms with van der Waals surface area (Å²) < 4.78 is 0.960. The van der Waals surface area contributed by atoms with Gasteiger partial charge in [-0.05, 0) is 52.1 Å². The number of rotatable bonds is 2. The Kier molecular flexibility index (Phi) is 3.58. The van der Waals surface area contributed by atoms with Gasteiger partial charge in [0.1, 0.15) is 0 Å². The molecule has 98 valence electrons. The van der Waals surface area contributed by atoms with Gasteiger partial charge < -0.3 is 10.0 Å². The fourth-order valence-electron chi connectivity index (χ4n) is 2.18. The number of carboxylic acid groups (broad SMARTS) is 1. The molecule has 1 aromatic rings. The van der Waals surface area contributed by atoms with Gasteiger partial charge in [-0.1, -0.05) is 20.8 Å². The quantitative estimate of drug-likeness (QED) is 0.822. The van der Waals surface area contributed by atoms with Gasteiger partial charge in [0.2, 0.25) is 0 Å². The van der Waals surface area contributed by atoms with E-state index in [4.69, 9.17) is 0 Å². The van der Waals surface area contributed by atoms with E-state index in [9.17, 15) is 9.90 Å². The third-order valence-electron chi connectivity index (χ3n) is 3.64. The molecule has 4 heteroatoms. The van der Waals surface area contributed by atoms with Crippen LogP contribution in [0.15, 0.2) is 18.2 Å². The molecule has 3 nitrogen and oxygen atoms in total. The maximum atomic E-state index is 11.3. The zero-order valence-electron chi connectivity index (χ0n) is 10.9. The van der Waals surface area contributed by atoms with E-state index in [1.165, 1.54) is 0 Å². The highest BCUT2D eigenvalue weighted by Crippen LogP contribution is 2.37. The molecule has 0 unspecified atom stereocenters. The Bertz CT molecular complexity index is 473. The van der Waals surface area contributed by atoms with Crippen LogP contribution in [0.1, 0.15) is 31.1 Å². The van der Waals surface area contributed by atoms with E-state index < -0.39 is 5.97 Å². The van der Waals surface area contributed by atoms with Crippen LogP contribution in [0.5, 0.6) is 0 Å². The minimum absolute atomic E-state index is 0.295. The SMILES string of the molecule is CC(C)(C)C1CN(c2ccc(I)cc2C(=O)O)C1. The van der Waals surface area contributed by atoms with Gasteiger partial charge >= 0.3 is 5.97 Å². The van der Waals surface area contributed by atoms with Crippen molar-refractivity contribution < 1.29 is 9.90 Å². The van der Waals surface area contributed by atoms with E-state index in [0.29, 0.717) is 16.9 Å². The number of carbonyl (C=O) groups is 1. The van der Waals surface area contributed by atoms with Crippen LogP contribution < -0.4 is 4.90 Å². The standard InChI is InChI=1S/C14H18INO2/c1-14(2,3)9-7-16(8-9)12-5-4-10(15)6-11(12)13(17)18/h4-6,9H,7-8H2,1-3H3,(H,17,18). The van der Waals surface area contributed by atoms with E-state index in [2.05, 4.69) is 48.3 Å². The van der Waals surface area contributed by atoms with E-state index in [1.807, 2.05) is 12.1 Å². The van der Waals surface area contributed by atoms with Crippen LogP contribution >= 0.6 is 22.6 Å². The van der Waals surface area contributed by atoms with Gasteiger partial charge in [0.25, 0.3) is 0 Å². The molecule has 1 heterocycles. The highest BCUT2D eigenvalue weighted by molar-refractivity contribution is 14.1. The Morgan fingerprint density at radius 3 is 2.50 bits per heavy atom. The lowest BCUT2D eigenvalue weighted by atomic mass is 9.75. The summed E-state index contributed by atoms with van der Waals surface area (Å²) in [6, 6.07) is 5.62. The molecule has 0 radical (unpaired) electrons. The van der Waals surface area contributed by atoms with E-state index in [0.717, 1.165) is 22.3 Å². The van der Waals surface area contributed by atoms with Crippen LogP contribution in [0.25, 0.3) is 0 Å². The first kappa shape index (κ1) is 13.6. The van der Waals surface area contributed by atoms with Crippen molar-refractivity contribution in [1.29, 1.82) is 0 Å². The second kappa shape index (κ2) is 4.72. The van der Waals surface area contributed by atoms with Crippen LogP contribution in [0.4, 0.5) is 5.69 Å². The predicted octanol–water partition coefficient (Wildman–Crippen LogP) is 3.47. The molecule has 0 saturated carbocycles. The molecule has 1 N–H and O–H groups in total. The van der Waals surface area contributed by atoms with Crippen LogP contribution in [0, 0.1) is 14.9 Å². The number of anilines is 1.